The van der Waals surface area contributed by atoms with Gasteiger partial charge in [-0.15, -0.1) is 5.10 Å². The summed E-state index contributed by atoms with van der Waals surface area (Å²) in [6.07, 6.45) is 5.91. The monoisotopic (exact) mass is 341 g/mol. The fraction of sp³-hybridized carbons (Fsp3) is 0.579. The van der Waals surface area contributed by atoms with Gasteiger partial charge in [0.05, 0.1) is 24.0 Å². The minimum atomic E-state index is -0.280. The van der Waals surface area contributed by atoms with Gasteiger partial charge in [-0.1, -0.05) is 36.3 Å². The number of aromatic nitrogens is 3. The van der Waals surface area contributed by atoms with Gasteiger partial charge in [0.25, 0.3) is 0 Å². The molecule has 25 heavy (non-hydrogen) atoms. The Bertz CT molecular complexity index is 665. The van der Waals surface area contributed by atoms with Crippen molar-refractivity contribution in [2.75, 3.05) is 31.1 Å². The molecule has 0 amide bonds. The molecule has 2 fully saturated rings. The highest BCUT2D eigenvalue weighted by Gasteiger charge is 2.26. The summed E-state index contributed by atoms with van der Waals surface area (Å²) in [7, 11) is 0. The Labute approximate surface area is 149 Å². The van der Waals surface area contributed by atoms with Gasteiger partial charge in [-0.25, -0.2) is 4.68 Å². The van der Waals surface area contributed by atoms with Crippen molar-refractivity contribution < 1.29 is 5.11 Å². The third-order valence-electron chi connectivity index (χ3n) is 5.47. The van der Waals surface area contributed by atoms with E-state index in [-0.39, 0.29) is 12.1 Å². The molecule has 1 saturated carbocycles. The zero-order chi connectivity index (χ0) is 17.1. The average molecular weight is 341 g/mol. The molecule has 1 aromatic carbocycles. The Morgan fingerprint density at radius 3 is 2.52 bits per heavy atom. The Morgan fingerprint density at radius 1 is 1.00 bits per heavy atom. The van der Waals surface area contributed by atoms with Crippen LogP contribution in [0.4, 0.5) is 5.69 Å². The number of hydrogen-bond acceptors (Lipinski definition) is 5. The lowest BCUT2D eigenvalue weighted by atomic mass is 9.93. The maximum absolute atomic E-state index is 10.2. The predicted molar refractivity (Wildman–Crippen MR) is 97.5 cm³/mol. The quantitative estimate of drug-likeness (QED) is 0.923. The van der Waals surface area contributed by atoms with Crippen molar-refractivity contribution in [2.45, 2.75) is 44.4 Å². The van der Waals surface area contributed by atoms with Crippen LogP contribution >= 0.6 is 0 Å². The second-order valence-corrected chi connectivity index (χ2v) is 7.21. The van der Waals surface area contributed by atoms with Gasteiger partial charge in [-0.3, -0.25) is 4.90 Å². The van der Waals surface area contributed by atoms with Crippen molar-refractivity contribution in [1.82, 2.24) is 19.9 Å². The van der Waals surface area contributed by atoms with Crippen LogP contribution in [-0.4, -0.2) is 57.3 Å². The maximum atomic E-state index is 10.2. The number of rotatable bonds is 4. The van der Waals surface area contributed by atoms with Crippen molar-refractivity contribution in [3.63, 3.8) is 0 Å². The van der Waals surface area contributed by atoms with Crippen LogP contribution in [0.3, 0.4) is 0 Å². The summed E-state index contributed by atoms with van der Waals surface area (Å²) < 4.78 is 1.89. The second kappa shape index (κ2) is 7.54. The molecule has 2 atom stereocenters. The molecule has 0 bridgehead atoms. The number of piperazine rings is 1. The lowest BCUT2D eigenvalue weighted by Crippen LogP contribution is -2.46. The first-order chi connectivity index (χ1) is 12.3. The smallest absolute Gasteiger partial charge is 0.0967 e. The molecular formula is C19H27N5O. The van der Waals surface area contributed by atoms with Gasteiger partial charge >= 0.3 is 0 Å². The Kier molecular flexibility index (Phi) is 4.99. The molecule has 1 N–H and O–H groups in total. The van der Waals surface area contributed by atoms with Crippen molar-refractivity contribution in [3.05, 3.63) is 42.2 Å². The van der Waals surface area contributed by atoms with E-state index in [4.69, 9.17) is 0 Å². The number of nitrogens with zero attached hydrogens (tertiary/aromatic N) is 5. The summed E-state index contributed by atoms with van der Waals surface area (Å²) in [6, 6.07) is 10.7. The number of benzene rings is 1. The topological polar surface area (TPSA) is 57.4 Å². The average Bonchev–Trinajstić information content (AvgIpc) is 3.12. The zero-order valence-corrected chi connectivity index (χ0v) is 14.7. The third kappa shape index (κ3) is 3.85. The summed E-state index contributed by atoms with van der Waals surface area (Å²) >= 11 is 0. The molecule has 2 heterocycles. The van der Waals surface area contributed by atoms with E-state index in [1.54, 1.807) is 0 Å². The summed E-state index contributed by atoms with van der Waals surface area (Å²) in [5.41, 5.74) is 2.31. The van der Waals surface area contributed by atoms with Crippen LogP contribution < -0.4 is 4.90 Å². The molecule has 1 saturated heterocycles. The van der Waals surface area contributed by atoms with Crippen molar-refractivity contribution in [2.24, 2.45) is 0 Å². The van der Waals surface area contributed by atoms with E-state index in [9.17, 15) is 5.11 Å². The van der Waals surface area contributed by atoms with Gasteiger partial charge in [0.15, 0.2) is 0 Å². The molecule has 134 valence electrons. The van der Waals surface area contributed by atoms with Gasteiger partial charge in [0.2, 0.25) is 0 Å². The number of aliphatic hydroxyl groups excluding tert-OH is 1. The van der Waals surface area contributed by atoms with E-state index < -0.39 is 0 Å². The fourth-order valence-electron chi connectivity index (χ4n) is 3.98. The van der Waals surface area contributed by atoms with Crippen LogP contribution in [0.25, 0.3) is 0 Å². The molecule has 1 aliphatic carbocycles. The molecule has 1 aliphatic heterocycles. The number of hydrogen-bond donors (Lipinski definition) is 1. The highest BCUT2D eigenvalue weighted by Crippen LogP contribution is 2.28. The predicted octanol–water partition coefficient (Wildman–Crippen LogP) is 2.08. The normalized spacial score (nSPS) is 25.2. The molecule has 0 spiro atoms. The summed E-state index contributed by atoms with van der Waals surface area (Å²) in [4.78, 5) is 4.87. The van der Waals surface area contributed by atoms with Gasteiger partial charge in [-0.2, -0.15) is 0 Å². The van der Waals surface area contributed by atoms with Crippen LogP contribution in [0.5, 0.6) is 0 Å². The van der Waals surface area contributed by atoms with Crippen molar-refractivity contribution in [1.29, 1.82) is 0 Å². The molecular weight excluding hydrogens is 314 g/mol. The number of para-hydroxylation sites is 1. The van der Waals surface area contributed by atoms with E-state index in [1.807, 2.05) is 10.9 Å². The van der Waals surface area contributed by atoms with Gasteiger partial charge in [0, 0.05) is 38.4 Å². The Morgan fingerprint density at radius 2 is 1.76 bits per heavy atom. The Balaban J connectivity index is 1.32. The zero-order valence-electron chi connectivity index (χ0n) is 14.7. The molecule has 4 rings (SSSR count). The third-order valence-corrected chi connectivity index (χ3v) is 5.47. The van der Waals surface area contributed by atoms with E-state index in [0.717, 1.165) is 57.7 Å². The van der Waals surface area contributed by atoms with Crippen molar-refractivity contribution >= 4 is 5.69 Å². The van der Waals surface area contributed by atoms with Gasteiger partial charge < -0.3 is 10.0 Å². The summed E-state index contributed by atoms with van der Waals surface area (Å²) in [5, 5.41) is 18.8. The summed E-state index contributed by atoms with van der Waals surface area (Å²) in [5.74, 6) is 0. The largest absolute Gasteiger partial charge is 0.391 e. The molecule has 2 unspecified atom stereocenters. The van der Waals surface area contributed by atoms with E-state index >= 15 is 0 Å². The number of anilines is 1. The molecule has 6 nitrogen and oxygen atoms in total. The van der Waals surface area contributed by atoms with Gasteiger partial charge in [-0.05, 0) is 25.0 Å². The lowest BCUT2D eigenvalue weighted by Gasteiger charge is -2.35. The van der Waals surface area contributed by atoms with Crippen molar-refractivity contribution in [3.8, 4) is 0 Å². The van der Waals surface area contributed by atoms with Crippen LogP contribution in [-0.2, 0) is 6.54 Å². The van der Waals surface area contributed by atoms with E-state index in [0.29, 0.717) is 0 Å². The standard InChI is InChI=1S/C19H27N5O/c25-19-9-5-4-8-18(19)24-15-16(20-21-24)14-22-10-12-23(13-11-22)17-6-2-1-3-7-17/h1-3,6-7,15,18-19,25H,4-5,8-14H2. The fourth-order valence-corrected chi connectivity index (χ4v) is 3.98. The highest BCUT2D eigenvalue weighted by molar-refractivity contribution is 5.46. The minimum Gasteiger partial charge on any atom is -0.391 e. The van der Waals surface area contributed by atoms with E-state index in [1.165, 1.54) is 12.1 Å². The first kappa shape index (κ1) is 16.5. The first-order valence-corrected chi connectivity index (χ1v) is 9.41. The second-order valence-electron chi connectivity index (χ2n) is 7.21. The molecule has 6 heteroatoms. The maximum Gasteiger partial charge on any atom is 0.0967 e. The molecule has 2 aliphatic rings. The van der Waals surface area contributed by atoms with Crippen LogP contribution in [0, 0.1) is 0 Å². The number of aliphatic hydroxyl groups is 1. The molecule has 2 aromatic rings. The Hall–Kier alpha value is -1.92. The highest BCUT2D eigenvalue weighted by atomic mass is 16.3. The first-order valence-electron chi connectivity index (χ1n) is 9.41. The molecule has 0 radical (unpaired) electrons. The van der Waals surface area contributed by atoms with Crippen LogP contribution in [0.2, 0.25) is 0 Å². The van der Waals surface area contributed by atoms with Crippen LogP contribution in [0.15, 0.2) is 36.5 Å². The van der Waals surface area contributed by atoms with E-state index in [2.05, 4.69) is 50.4 Å². The minimum absolute atomic E-state index is 0.102. The van der Waals surface area contributed by atoms with Crippen LogP contribution in [0.1, 0.15) is 37.4 Å². The SMILES string of the molecule is OC1CCCCC1n1cc(CN2CCN(c3ccccc3)CC2)nn1. The molecule has 1 aromatic heterocycles. The van der Waals surface area contributed by atoms with Gasteiger partial charge in [0.1, 0.15) is 0 Å². The lowest BCUT2D eigenvalue weighted by molar-refractivity contribution is 0.0685. The summed E-state index contributed by atoms with van der Waals surface area (Å²) in [6.45, 7) is 4.99.